The molecule has 7 nitrogen and oxygen atoms in total. The third-order valence-electron chi connectivity index (χ3n) is 4.22. The molecule has 1 N–H and O–H groups in total. The molecule has 0 saturated carbocycles. The lowest BCUT2D eigenvalue weighted by Gasteiger charge is -2.25. The Labute approximate surface area is 158 Å². The fourth-order valence-corrected chi connectivity index (χ4v) is 3.37. The average Bonchev–Trinajstić information content (AvgIpc) is 3.15. The smallest absolute Gasteiger partial charge is 0.248 e. The number of hydrogen-bond donors (Lipinski definition) is 1. The molecule has 0 amide bonds. The minimum atomic E-state index is -0.236. The summed E-state index contributed by atoms with van der Waals surface area (Å²) in [5.41, 5.74) is 2.86. The first kappa shape index (κ1) is 16.6. The van der Waals surface area contributed by atoms with Crippen LogP contribution in [0.2, 0.25) is 0 Å². The lowest BCUT2D eigenvalue weighted by molar-refractivity contribution is 0.393. The van der Waals surface area contributed by atoms with Gasteiger partial charge in [-0.05, 0) is 52.4 Å². The van der Waals surface area contributed by atoms with E-state index in [0.717, 1.165) is 32.8 Å². The molecule has 3 aromatic rings. The predicted molar refractivity (Wildman–Crippen MR) is 101 cm³/mol. The van der Waals surface area contributed by atoms with Gasteiger partial charge in [0.05, 0.1) is 14.2 Å². The number of rotatable bonds is 4. The van der Waals surface area contributed by atoms with E-state index in [1.807, 2.05) is 42.5 Å². The topological polar surface area (TPSA) is 74.1 Å². The fourth-order valence-electron chi connectivity index (χ4n) is 2.97. The number of nitrogens with one attached hydrogen (secondary N) is 1. The lowest BCUT2D eigenvalue weighted by Crippen LogP contribution is -2.20. The largest absolute Gasteiger partial charge is 0.497 e. The van der Waals surface area contributed by atoms with Crippen LogP contribution in [0.3, 0.4) is 0 Å². The van der Waals surface area contributed by atoms with Gasteiger partial charge in [-0.15, -0.1) is 0 Å². The molecule has 132 valence electrons. The van der Waals surface area contributed by atoms with Gasteiger partial charge in [0.1, 0.15) is 17.5 Å². The Kier molecular flexibility index (Phi) is 4.34. The van der Waals surface area contributed by atoms with E-state index in [1.54, 1.807) is 18.9 Å². The highest BCUT2D eigenvalue weighted by Crippen LogP contribution is 2.37. The molecule has 0 radical (unpaired) electrons. The van der Waals surface area contributed by atoms with E-state index in [2.05, 4.69) is 42.8 Å². The molecular weight excluding hydrogens is 398 g/mol. The molecular formula is C18H16BrN5O2. The maximum Gasteiger partial charge on any atom is 0.248 e. The van der Waals surface area contributed by atoms with Crippen LogP contribution in [0.25, 0.3) is 5.70 Å². The summed E-state index contributed by atoms with van der Waals surface area (Å²) < 4.78 is 13.7. The van der Waals surface area contributed by atoms with Gasteiger partial charge >= 0.3 is 0 Å². The van der Waals surface area contributed by atoms with Crippen molar-refractivity contribution in [2.45, 2.75) is 6.04 Å². The molecule has 1 aromatic heterocycles. The van der Waals surface area contributed by atoms with Gasteiger partial charge in [0, 0.05) is 15.7 Å². The molecule has 8 heteroatoms. The second-order valence-electron chi connectivity index (χ2n) is 5.72. The minimum absolute atomic E-state index is 0.236. The Hall–Kier alpha value is -2.87. The summed E-state index contributed by atoms with van der Waals surface area (Å²) in [5, 5.41) is 15.3. The Morgan fingerprint density at radius 3 is 2.77 bits per heavy atom. The van der Waals surface area contributed by atoms with Crippen LogP contribution in [-0.4, -0.2) is 34.4 Å². The molecule has 1 atom stereocenters. The standard InChI is InChI=1S/C18H16BrN5O2/c1-25-13-6-7-17(26-2)14(9-13)16-10-15(11-4-3-5-12(19)8-11)20-18-21-22-23-24(16)18/h3-10,16H,1-2H3,(H,20,21,23)/t16-/m0/s1. The highest BCUT2D eigenvalue weighted by molar-refractivity contribution is 9.10. The SMILES string of the molecule is COc1ccc(OC)c([C@@H]2C=C(c3cccc(Br)c3)Nc3nnnn32)c1. The minimum Gasteiger partial charge on any atom is -0.497 e. The van der Waals surface area contributed by atoms with Crippen LogP contribution in [-0.2, 0) is 0 Å². The molecule has 2 heterocycles. The van der Waals surface area contributed by atoms with E-state index < -0.39 is 0 Å². The average molecular weight is 414 g/mol. The summed E-state index contributed by atoms with van der Waals surface area (Å²) >= 11 is 3.52. The van der Waals surface area contributed by atoms with Crippen LogP contribution in [0.4, 0.5) is 5.95 Å². The number of hydrogen-bond acceptors (Lipinski definition) is 6. The normalized spacial score (nSPS) is 15.7. The molecule has 0 fully saturated rings. The van der Waals surface area contributed by atoms with E-state index in [-0.39, 0.29) is 6.04 Å². The highest BCUT2D eigenvalue weighted by Gasteiger charge is 2.27. The number of nitrogens with zero attached hydrogens (tertiary/aromatic N) is 4. The number of ether oxygens (including phenoxy) is 2. The first-order chi connectivity index (χ1) is 12.7. The number of tetrazole rings is 1. The molecule has 26 heavy (non-hydrogen) atoms. The zero-order chi connectivity index (χ0) is 18.1. The van der Waals surface area contributed by atoms with Crippen molar-refractivity contribution < 1.29 is 9.47 Å². The number of fused-ring (bicyclic) bond motifs is 1. The molecule has 2 aromatic carbocycles. The van der Waals surface area contributed by atoms with Crippen molar-refractivity contribution >= 4 is 27.6 Å². The molecule has 0 bridgehead atoms. The van der Waals surface area contributed by atoms with E-state index in [0.29, 0.717) is 5.95 Å². The summed E-state index contributed by atoms with van der Waals surface area (Å²) in [6.45, 7) is 0. The number of aromatic nitrogens is 4. The number of methoxy groups -OCH3 is 2. The fraction of sp³-hybridized carbons (Fsp3) is 0.167. The van der Waals surface area contributed by atoms with Crippen LogP contribution >= 0.6 is 15.9 Å². The maximum atomic E-state index is 5.56. The van der Waals surface area contributed by atoms with E-state index >= 15 is 0 Å². The molecule has 0 aliphatic carbocycles. The molecule has 0 saturated heterocycles. The third kappa shape index (κ3) is 2.92. The van der Waals surface area contributed by atoms with Crippen molar-refractivity contribution in [2.75, 3.05) is 19.5 Å². The Bertz CT molecular complexity index is 985. The Morgan fingerprint density at radius 1 is 1.12 bits per heavy atom. The van der Waals surface area contributed by atoms with Crippen LogP contribution in [0.1, 0.15) is 17.2 Å². The number of anilines is 1. The van der Waals surface area contributed by atoms with Gasteiger partial charge in [0.25, 0.3) is 0 Å². The van der Waals surface area contributed by atoms with Gasteiger partial charge in [0.2, 0.25) is 5.95 Å². The molecule has 1 aliphatic rings. The molecule has 4 rings (SSSR count). The summed E-state index contributed by atoms with van der Waals surface area (Å²) in [6, 6.07) is 13.5. The van der Waals surface area contributed by atoms with Gasteiger partial charge in [-0.3, -0.25) is 0 Å². The molecule has 0 unspecified atom stereocenters. The van der Waals surface area contributed by atoms with E-state index in [9.17, 15) is 0 Å². The quantitative estimate of drug-likeness (QED) is 0.705. The van der Waals surface area contributed by atoms with Crippen molar-refractivity contribution in [3.05, 3.63) is 64.1 Å². The highest BCUT2D eigenvalue weighted by atomic mass is 79.9. The van der Waals surface area contributed by atoms with E-state index in [4.69, 9.17) is 9.47 Å². The van der Waals surface area contributed by atoms with Gasteiger partial charge < -0.3 is 14.8 Å². The Balaban J connectivity index is 1.87. The predicted octanol–water partition coefficient (Wildman–Crippen LogP) is 3.51. The maximum absolute atomic E-state index is 5.56. The summed E-state index contributed by atoms with van der Waals surface area (Å²) in [7, 11) is 3.28. The van der Waals surface area contributed by atoms with Crippen molar-refractivity contribution in [3.63, 3.8) is 0 Å². The van der Waals surface area contributed by atoms with Crippen LogP contribution in [0.15, 0.2) is 53.0 Å². The van der Waals surface area contributed by atoms with Crippen molar-refractivity contribution in [1.29, 1.82) is 0 Å². The van der Waals surface area contributed by atoms with Crippen LogP contribution < -0.4 is 14.8 Å². The summed E-state index contributed by atoms with van der Waals surface area (Å²) in [4.78, 5) is 0. The second-order valence-corrected chi connectivity index (χ2v) is 6.63. The van der Waals surface area contributed by atoms with Crippen LogP contribution in [0, 0.1) is 0 Å². The van der Waals surface area contributed by atoms with Crippen molar-refractivity contribution in [3.8, 4) is 11.5 Å². The van der Waals surface area contributed by atoms with Gasteiger partial charge in [0.15, 0.2) is 0 Å². The summed E-state index contributed by atoms with van der Waals surface area (Å²) in [6.07, 6.45) is 2.07. The third-order valence-corrected chi connectivity index (χ3v) is 4.71. The van der Waals surface area contributed by atoms with Crippen LogP contribution in [0.5, 0.6) is 11.5 Å². The number of allylic oxidation sites excluding steroid dienone is 1. The second kappa shape index (κ2) is 6.80. The summed E-state index contributed by atoms with van der Waals surface area (Å²) in [5.74, 6) is 2.05. The number of halogens is 1. The van der Waals surface area contributed by atoms with Crippen molar-refractivity contribution in [1.82, 2.24) is 20.2 Å². The first-order valence-electron chi connectivity index (χ1n) is 7.94. The number of benzene rings is 2. The van der Waals surface area contributed by atoms with Gasteiger partial charge in [-0.25, -0.2) is 0 Å². The van der Waals surface area contributed by atoms with E-state index in [1.165, 1.54) is 0 Å². The van der Waals surface area contributed by atoms with Gasteiger partial charge in [-0.2, -0.15) is 4.68 Å². The van der Waals surface area contributed by atoms with Gasteiger partial charge in [-0.1, -0.05) is 33.2 Å². The first-order valence-corrected chi connectivity index (χ1v) is 8.73. The van der Waals surface area contributed by atoms with Crippen molar-refractivity contribution in [2.24, 2.45) is 0 Å². The molecule has 0 spiro atoms. The Morgan fingerprint density at radius 2 is 2.00 bits per heavy atom. The molecule has 1 aliphatic heterocycles. The zero-order valence-electron chi connectivity index (χ0n) is 14.2. The monoisotopic (exact) mass is 413 g/mol. The lowest BCUT2D eigenvalue weighted by atomic mass is 10.0. The zero-order valence-corrected chi connectivity index (χ0v) is 15.8.